The number of rotatable bonds is 5. The molecule has 2 N–H and O–H groups in total. The number of H-pyrrole nitrogens is 1. The predicted molar refractivity (Wildman–Crippen MR) is 92.0 cm³/mol. The predicted octanol–water partition coefficient (Wildman–Crippen LogP) is 4.29. The maximum Gasteiger partial charge on any atom is 0.225 e. The zero-order valence-electron chi connectivity index (χ0n) is 12.8. The number of hydrogen-bond acceptors (Lipinski definition) is 2. The quantitative estimate of drug-likeness (QED) is 0.725. The summed E-state index contributed by atoms with van der Waals surface area (Å²) in [7, 11) is 0. The number of carbonyl (C=O) groups is 1. The summed E-state index contributed by atoms with van der Waals surface area (Å²) < 4.78 is 0. The van der Waals surface area contributed by atoms with E-state index in [1.807, 2.05) is 36.5 Å². The molecule has 1 amide bonds. The molecule has 0 unspecified atom stereocenters. The minimum absolute atomic E-state index is 0.0665. The van der Waals surface area contributed by atoms with Gasteiger partial charge in [0.05, 0.1) is 12.5 Å². The number of fused-ring (bicyclic) bond motifs is 1. The Kier molecular flexibility index (Phi) is 4.29. The van der Waals surface area contributed by atoms with Crippen molar-refractivity contribution in [1.82, 2.24) is 10.3 Å². The van der Waals surface area contributed by atoms with Gasteiger partial charge in [-0.1, -0.05) is 38.1 Å². The van der Waals surface area contributed by atoms with E-state index in [2.05, 4.69) is 35.6 Å². The van der Waals surface area contributed by atoms with E-state index in [0.29, 0.717) is 12.3 Å². The number of amides is 1. The summed E-state index contributed by atoms with van der Waals surface area (Å²) in [6.45, 7) is 4.27. The number of aromatic amines is 1. The van der Waals surface area contributed by atoms with Crippen LogP contribution in [0.3, 0.4) is 0 Å². The number of thiophene rings is 1. The first-order valence-corrected chi connectivity index (χ1v) is 8.41. The summed E-state index contributed by atoms with van der Waals surface area (Å²) in [5.41, 5.74) is 2.12. The van der Waals surface area contributed by atoms with E-state index in [1.165, 1.54) is 4.88 Å². The Morgan fingerprint density at radius 3 is 2.77 bits per heavy atom. The summed E-state index contributed by atoms with van der Waals surface area (Å²) >= 11 is 1.69. The summed E-state index contributed by atoms with van der Waals surface area (Å²) in [6.07, 6.45) is 2.33. The second-order valence-electron chi connectivity index (χ2n) is 5.84. The maximum absolute atomic E-state index is 12.4. The second-order valence-corrected chi connectivity index (χ2v) is 6.82. The van der Waals surface area contributed by atoms with Crippen LogP contribution in [0.25, 0.3) is 10.9 Å². The lowest BCUT2D eigenvalue weighted by atomic mass is 10.0. The molecule has 1 atom stereocenters. The highest BCUT2D eigenvalue weighted by molar-refractivity contribution is 7.10. The van der Waals surface area contributed by atoms with Gasteiger partial charge in [-0.3, -0.25) is 4.79 Å². The van der Waals surface area contributed by atoms with Crippen molar-refractivity contribution < 1.29 is 4.79 Å². The third-order valence-electron chi connectivity index (χ3n) is 3.86. The van der Waals surface area contributed by atoms with Gasteiger partial charge in [-0.2, -0.15) is 0 Å². The van der Waals surface area contributed by atoms with E-state index >= 15 is 0 Å². The van der Waals surface area contributed by atoms with Crippen molar-refractivity contribution in [3.05, 3.63) is 58.4 Å². The van der Waals surface area contributed by atoms with Crippen molar-refractivity contribution in [2.24, 2.45) is 5.92 Å². The molecular formula is C18H20N2OS. The lowest BCUT2D eigenvalue weighted by Crippen LogP contribution is -2.32. The Hall–Kier alpha value is -2.07. The second kappa shape index (κ2) is 6.36. The SMILES string of the molecule is CC(C)[C@@H](NC(=O)Cc1c[nH]c2ccccc12)c1cccs1. The molecule has 2 heterocycles. The van der Waals surface area contributed by atoms with Crippen molar-refractivity contribution in [3.8, 4) is 0 Å². The fraction of sp³-hybridized carbons (Fsp3) is 0.278. The largest absolute Gasteiger partial charge is 0.361 e. The van der Waals surface area contributed by atoms with Crippen molar-refractivity contribution in [2.75, 3.05) is 0 Å². The highest BCUT2D eigenvalue weighted by atomic mass is 32.1. The first-order valence-electron chi connectivity index (χ1n) is 7.53. The molecule has 1 aromatic carbocycles. The van der Waals surface area contributed by atoms with Crippen LogP contribution >= 0.6 is 11.3 Å². The first kappa shape index (κ1) is 14.9. The summed E-state index contributed by atoms with van der Waals surface area (Å²) in [5.74, 6) is 0.433. The summed E-state index contributed by atoms with van der Waals surface area (Å²) in [6, 6.07) is 12.3. The van der Waals surface area contributed by atoms with E-state index in [-0.39, 0.29) is 11.9 Å². The lowest BCUT2D eigenvalue weighted by molar-refractivity contribution is -0.121. The smallest absolute Gasteiger partial charge is 0.225 e. The molecule has 0 aliphatic carbocycles. The topological polar surface area (TPSA) is 44.9 Å². The van der Waals surface area contributed by atoms with Gasteiger partial charge in [0, 0.05) is 22.0 Å². The van der Waals surface area contributed by atoms with E-state index in [0.717, 1.165) is 16.5 Å². The van der Waals surface area contributed by atoms with Gasteiger partial charge in [0.2, 0.25) is 5.91 Å². The molecular weight excluding hydrogens is 292 g/mol. The molecule has 114 valence electrons. The minimum atomic E-state index is 0.0665. The highest BCUT2D eigenvalue weighted by Gasteiger charge is 2.19. The van der Waals surface area contributed by atoms with Gasteiger partial charge in [-0.15, -0.1) is 11.3 Å². The molecule has 22 heavy (non-hydrogen) atoms. The van der Waals surface area contributed by atoms with E-state index in [1.54, 1.807) is 11.3 Å². The summed E-state index contributed by atoms with van der Waals surface area (Å²) in [4.78, 5) is 16.9. The number of aromatic nitrogens is 1. The molecule has 3 aromatic rings. The number of hydrogen-bond donors (Lipinski definition) is 2. The fourth-order valence-corrected chi connectivity index (χ4v) is 3.66. The molecule has 0 spiro atoms. The molecule has 3 nitrogen and oxygen atoms in total. The third-order valence-corrected chi connectivity index (χ3v) is 4.81. The van der Waals surface area contributed by atoms with Crippen LogP contribution in [0.1, 0.15) is 30.3 Å². The Bertz CT molecular complexity index is 758. The Balaban J connectivity index is 1.74. The molecule has 0 aliphatic rings. The van der Waals surface area contributed by atoms with Crippen LogP contribution in [-0.4, -0.2) is 10.9 Å². The Labute approximate surface area is 134 Å². The zero-order valence-corrected chi connectivity index (χ0v) is 13.6. The van der Waals surface area contributed by atoms with Crippen molar-refractivity contribution in [3.63, 3.8) is 0 Å². The number of carbonyl (C=O) groups excluding carboxylic acids is 1. The standard InChI is InChI=1S/C18H20N2OS/c1-12(2)18(16-8-5-9-22-16)20-17(21)10-13-11-19-15-7-4-3-6-14(13)15/h3-9,11-12,18-19H,10H2,1-2H3,(H,20,21)/t18-/m1/s1. The van der Waals surface area contributed by atoms with Crippen LogP contribution in [0.4, 0.5) is 0 Å². The molecule has 0 bridgehead atoms. The van der Waals surface area contributed by atoms with Crippen LogP contribution in [0.15, 0.2) is 48.0 Å². The maximum atomic E-state index is 12.4. The molecule has 4 heteroatoms. The lowest BCUT2D eigenvalue weighted by Gasteiger charge is -2.21. The molecule has 0 saturated carbocycles. The van der Waals surface area contributed by atoms with Gasteiger partial charge in [0.1, 0.15) is 0 Å². The van der Waals surface area contributed by atoms with Crippen molar-refractivity contribution in [1.29, 1.82) is 0 Å². The zero-order chi connectivity index (χ0) is 15.5. The normalized spacial score (nSPS) is 12.7. The van der Waals surface area contributed by atoms with Crippen molar-refractivity contribution in [2.45, 2.75) is 26.3 Å². The molecule has 0 radical (unpaired) electrons. The highest BCUT2D eigenvalue weighted by Crippen LogP contribution is 2.26. The number of benzene rings is 1. The van der Waals surface area contributed by atoms with Gasteiger partial charge in [0.15, 0.2) is 0 Å². The minimum Gasteiger partial charge on any atom is -0.361 e. The molecule has 0 aliphatic heterocycles. The van der Waals surface area contributed by atoms with E-state index in [9.17, 15) is 4.79 Å². The van der Waals surface area contributed by atoms with Gasteiger partial charge in [-0.25, -0.2) is 0 Å². The molecule has 3 rings (SSSR count). The Morgan fingerprint density at radius 1 is 1.23 bits per heavy atom. The fourth-order valence-electron chi connectivity index (χ4n) is 2.71. The van der Waals surface area contributed by atoms with Gasteiger partial charge >= 0.3 is 0 Å². The first-order chi connectivity index (χ1) is 10.6. The number of para-hydroxylation sites is 1. The van der Waals surface area contributed by atoms with Crippen LogP contribution in [0, 0.1) is 5.92 Å². The average Bonchev–Trinajstić information content (AvgIpc) is 3.15. The molecule has 2 aromatic heterocycles. The van der Waals surface area contributed by atoms with Gasteiger partial charge < -0.3 is 10.3 Å². The monoisotopic (exact) mass is 312 g/mol. The Morgan fingerprint density at radius 2 is 2.05 bits per heavy atom. The van der Waals surface area contributed by atoms with Crippen LogP contribution in [0.5, 0.6) is 0 Å². The van der Waals surface area contributed by atoms with E-state index < -0.39 is 0 Å². The van der Waals surface area contributed by atoms with Gasteiger partial charge in [0.25, 0.3) is 0 Å². The van der Waals surface area contributed by atoms with Gasteiger partial charge in [-0.05, 0) is 29.0 Å². The summed E-state index contributed by atoms with van der Waals surface area (Å²) in [5, 5.41) is 6.35. The molecule has 0 saturated heterocycles. The molecule has 0 fully saturated rings. The van der Waals surface area contributed by atoms with Crippen LogP contribution in [-0.2, 0) is 11.2 Å². The van der Waals surface area contributed by atoms with Crippen molar-refractivity contribution >= 4 is 28.1 Å². The van der Waals surface area contributed by atoms with E-state index in [4.69, 9.17) is 0 Å². The number of nitrogens with one attached hydrogen (secondary N) is 2. The average molecular weight is 312 g/mol. The van der Waals surface area contributed by atoms with Crippen LogP contribution in [0.2, 0.25) is 0 Å². The third kappa shape index (κ3) is 3.07. The van der Waals surface area contributed by atoms with Crippen LogP contribution < -0.4 is 5.32 Å².